The molecular weight excluding hydrogens is 304 g/mol. The van der Waals surface area contributed by atoms with Crippen molar-refractivity contribution in [3.63, 3.8) is 0 Å². The van der Waals surface area contributed by atoms with Crippen LogP contribution in [0.2, 0.25) is 0 Å². The maximum atomic E-state index is 12.9. The fourth-order valence-electron chi connectivity index (χ4n) is 5.13. The first-order valence-electron chi connectivity index (χ1n) is 8.61. The lowest BCUT2D eigenvalue weighted by Gasteiger charge is -2.37. The van der Waals surface area contributed by atoms with Crippen LogP contribution in [0.1, 0.15) is 6.42 Å². The lowest BCUT2D eigenvalue weighted by Crippen LogP contribution is -2.40. The van der Waals surface area contributed by atoms with Crippen LogP contribution in [0.4, 0.5) is 5.69 Å². The van der Waals surface area contributed by atoms with Gasteiger partial charge in [0, 0.05) is 0 Å². The van der Waals surface area contributed by atoms with Crippen LogP contribution in [0.5, 0.6) is 5.75 Å². The number of carbonyl (C=O) groups excluding carboxylic acids is 2. The number of amides is 2. The van der Waals surface area contributed by atoms with Crippen LogP contribution in [-0.4, -0.2) is 30.5 Å². The first-order valence-corrected chi connectivity index (χ1v) is 8.61. The Kier molecular flexibility index (Phi) is 2.84. The molecule has 1 aromatic carbocycles. The second kappa shape index (κ2) is 4.85. The number of likely N-dealkylation sites (tertiary alicyclic amines) is 1. The van der Waals surface area contributed by atoms with Crippen LogP contribution in [0.3, 0.4) is 0 Å². The average molecular weight is 324 g/mol. The van der Waals surface area contributed by atoms with Crippen molar-refractivity contribution in [2.24, 2.45) is 35.5 Å². The number of benzene rings is 1. The molecule has 3 fully saturated rings. The number of rotatable bonds is 4. The van der Waals surface area contributed by atoms with Gasteiger partial charge in [-0.15, -0.1) is 0 Å². The zero-order valence-electron chi connectivity index (χ0n) is 13.5. The Morgan fingerprint density at radius 1 is 1.08 bits per heavy atom. The summed E-state index contributed by atoms with van der Waals surface area (Å²) >= 11 is 0. The molecule has 1 aliphatic heterocycles. The second-order valence-electron chi connectivity index (χ2n) is 7.29. The molecule has 2 saturated carbocycles. The highest BCUT2D eigenvalue weighted by atomic mass is 16.5. The molecule has 5 nitrogen and oxygen atoms in total. The van der Waals surface area contributed by atoms with E-state index in [1.165, 1.54) is 11.3 Å². The number of carbonyl (C=O) groups is 2. The summed E-state index contributed by atoms with van der Waals surface area (Å²) in [5.41, 5.74) is 0.791. The normalized spacial score (nSPS) is 38.1. The second-order valence-corrected chi connectivity index (χ2v) is 7.29. The molecule has 1 aromatic rings. The Labute approximate surface area is 140 Å². The van der Waals surface area contributed by atoms with E-state index in [9.17, 15) is 9.59 Å². The number of para-hydroxylation sites is 2. The Balaban J connectivity index is 1.37. The van der Waals surface area contributed by atoms with Crippen molar-refractivity contribution in [2.75, 3.05) is 19.1 Å². The molecule has 5 aliphatic rings. The van der Waals surface area contributed by atoms with Crippen LogP contribution >= 0.6 is 0 Å². The van der Waals surface area contributed by atoms with Gasteiger partial charge in [-0.05, 0) is 42.2 Å². The molecule has 0 unspecified atom stereocenters. The number of methoxy groups -OCH3 is 1. The maximum absolute atomic E-state index is 12.9. The fraction of sp³-hybridized carbons (Fsp3) is 0.474. The predicted octanol–water partition coefficient (Wildman–Crippen LogP) is 2.12. The number of hydrogen-bond acceptors (Lipinski definition) is 4. The highest BCUT2D eigenvalue weighted by Crippen LogP contribution is 2.65. The molecule has 2 bridgehead atoms. The van der Waals surface area contributed by atoms with E-state index in [-0.39, 0.29) is 42.2 Å². The van der Waals surface area contributed by atoms with Crippen LogP contribution in [0.25, 0.3) is 0 Å². The van der Waals surface area contributed by atoms with Gasteiger partial charge in [0.2, 0.25) is 11.8 Å². The minimum absolute atomic E-state index is 0.00269. The van der Waals surface area contributed by atoms with Gasteiger partial charge in [0.1, 0.15) is 5.75 Å². The molecule has 5 heteroatoms. The van der Waals surface area contributed by atoms with Crippen molar-refractivity contribution in [1.29, 1.82) is 0 Å². The largest absolute Gasteiger partial charge is 0.495 e. The SMILES string of the molecule is COc1ccccc1NCN1C(=O)[C@@H]2[C@@H]3C=C[C@H]([C@H]4C[C@@H]34)[C@@H]2C1=O. The monoisotopic (exact) mass is 324 g/mol. The highest BCUT2D eigenvalue weighted by Gasteiger charge is 2.66. The van der Waals surface area contributed by atoms with Gasteiger partial charge in [0.05, 0.1) is 31.3 Å². The zero-order chi connectivity index (χ0) is 16.4. The van der Waals surface area contributed by atoms with Crippen molar-refractivity contribution in [3.05, 3.63) is 36.4 Å². The minimum Gasteiger partial charge on any atom is -0.495 e. The number of allylic oxidation sites excluding steroid dienone is 2. The Hall–Kier alpha value is -2.30. The molecule has 1 saturated heterocycles. The van der Waals surface area contributed by atoms with E-state index in [1.807, 2.05) is 24.3 Å². The molecule has 1 N–H and O–H groups in total. The van der Waals surface area contributed by atoms with Gasteiger partial charge >= 0.3 is 0 Å². The van der Waals surface area contributed by atoms with Gasteiger partial charge in [0.25, 0.3) is 0 Å². The van der Waals surface area contributed by atoms with Gasteiger partial charge in [-0.3, -0.25) is 14.5 Å². The lowest BCUT2D eigenvalue weighted by molar-refractivity contribution is -0.139. The van der Waals surface area contributed by atoms with Crippen LogP contribution < -0.4 is 10.1 Å². The van der Waals surface area contributed by atoms with Crippen LogP contribution in [0, 0.1) is 35.5 Å². The average Bonchev–Trinajstić information content (AvgIpc) is 3.39. The van der Waals surface area contributed by atoms with Gasteiger partial charge in [-0.2, -0.15) is 0 Å². The van der Waals surface area contributed by atoms with Gasteiger partial charge in [-0.1, -0.05) is 24.3 Å². The molecule has 2 amide bonds. The van der Waals surface area contributed by atoms with E-state index in [1.54, 1.807) is 7.11 Å². The summed E-state index contributed by atoms with van der Waals surface area (Å²) in [4.78, 5) is 27.2. The number of nitrogens with zero attached hydrogens (tertiary/aromatic N) is 1. The molecule has 0 radical (unpaired) electrons. The van der Waals surface area contributed by atoms with Crippen molar-refractivity contribution >= 4 is 17.5 Å². The quantitative estimate of drug-likeness (QED) is 0.681. The van der Waals surface area contributed by atoms with Crippen LogP contribution in [0.15, 0.2) is 36.4 Å². The topological polar surface area (TPSA) is 58.6 Å². The summed E-state index contributed by atoms with van der Waals surface area (Å²) in [5.74, 6) is 2.27. The van der Waals surface area contributed by atoms with Gasteiger partial charge in [0.15, 0.2) is 0 Å². The molecule has 1 heterocycles. The van der Waals surface area contributed by atoms with E-state index in [2.05, 4.69) is 17.5 Å². The number of imide groups is 1. The zero-order valence-corrected chi connectivity index (χ0v) is 13.5. The number of nitrogens with one attached hydrogen (secondary N) is 1. The number of ether oxygens (including phenoxy) is 1. The van der Waals surface area contributed by atoms with E-state index >= 15 is 0 Å². The first kappa shape index (κ1) is 14.1. The highest BCUT2D eigenvalue weighted by molar-refractivity contribution is 6.06. The molecular formula is C19H20N2O3. The summed E-state index contributed by atoms with van der Waals surface area (Å²) in [5, 5.41) is 3.19. The minimum atomic E-state index is -0.129. The van der Waals surface area contributed by atoms with E-state index < -0.39 is 0 Å². The third-order valence-electron chi connectivity index (χ3n) is 6.29. The fourth-order valence-corrected chi connectivity index (χ4v) is 5.13. The lowest BCUT2D eigenvalue weighted by atomic mass is 9.63. The Bertz CT molecular complexity index is 723. The number of anilines is 1. The van der Waals surface area contributed by atoms with Crippen molar-refractivity contribution in [2.45, 2.75) is 6.42 Å². The summed E-state index contributed by atoms with van der Waals surface area (Å²) in [6, 6.07) is 7.53. The molecule has 0 aromatic heterocycles. The summed E-state index contributed by atoms with van der Waals surface area (Å²) in [7, 11) is 1.61. The summed E-state index contributed by atoms with van der Waals surface area (Å²) in [6.07, 6.45) is 5.58. The molecule has 0 spiro atoms. The van der Waals surface area contributed by atoms with Crippen molar-refractivity contribution < 1.29 is 14.3 Å². The Morgan fingerprint density at radius 3 is 2.33 bits per heavy atom. The third-order valence-corrected chi connectivity index (χ3v) is 6.29. The van der Waals surface area contributed by atoms with Gasteiger partial charge < -0.3 is 10.1 Å². The number of hydrogen-bond donors (Lipinski definition) is 1. The summed E-state index contributed by atoms with van der Waals surface area (Å²) < 4.78 is 5.31. The van der Waals surface area contributed by atoms with Crippen LogP contribution in [-0.2, 0) is 9.59 Å². The third kappa shape index (κ3) is 1.75. The molecule has 24 heavy (non-hydrogen) atoms. The molecule has 4 aliphatic carbocycles. The molecule has 6 atom stereocenters. The predicted molar refractivity (Wildman–Crippen MR) is 88.0 cm³/mol. The van der Waals surface area contributed by atoms with Gasteiger partial charge in [-0.25, -0.2) is 0 Å². The smallest absolute Gasteiger partial charge is 0.235 e. The Morgan fingerprint density at radius 2 is 1.71 bits per heavy atom. The maximum Gasteiger partial charge on any atom is 0.235 e. The standard InChI is InChI=1S/C19H20N2O3/c1-24-15-5-3-2-4-14(15)20-9-21-18(22)16-10-6-7-11(13-8-12(10)13)17(16)19(21)23/h2-7,10-13,16-17,20H,8-9H2,1H3/t10-,11-,12-,13+,16+,17-/m1/s1. The van der Waals surface area contributed by atoms with E-state index in [0.717, 1.165) is 5.69 Å². The van der Waals surface area contributed by atoms with Crippen molar-refractivity contribution in [3.8, 4) is 5.75 Å². The van der Waals surface area contributed by atoms with E-state index in [0.29, 0.717) is 17.6 Å². The van der Waals surface area contributed by atoms with Crippen molar-refractivity contribution in [1.82, 2.24) is 4.90 Å². The van der Waals surface area contributed by atoms with E-state index in [4.69, 9.17) is 4.74 Å². The molecule has 6 rings (SSSR count). The summed E-state index contributed by atoms with van der Waals surface area (Å²) in [6.45, 7) is 0.208. The molecule has 124 valence electrons. The first-order chi connectivity index (χ1) is 11.7.